The van der Waals surface area contributed by atoms with Crippen LogP contribution in [0.5, 0.6) is 0 Å². The molecule has 0 heterocycles. The molecule has 0 aromatic heterocycles. The second kappa shape index (κ2) is 4.67. The Hall–Kier alpha value is -0.340. The molecule has 2 heteroatoms. The molecule has 1 aliphatic carbocycles. The van der Waals surface area contributed by atoms with Gasteiger partial charge < -0.3 is 5.32 Å². The summed E-state index contributed by atoms with van der Waals surface area (Å²) in [4.78, 5) is 0. The molecule has 82 valence electrons. The molecular weight excluding hydrogens is 250 g/mol. The van der Waals surface area contributed by atoms with E-state index >= 15 is 0 Å². The summed E-state index contributed by atoms with van der Waals surface area (Å²) < 4.78 is 1.18. The number of nitrogens with one attached hydrogen (secondary N) is 1. The minimum absolute atomic E-state index is 0.362. The first-order chi connectivity index (χ1) is 7.24. The summed E-state index contributed by atoms with van der Waals surface area (Å²) in [5.74, 6) is 0. The van der Waals surface area contributed by atoms with Crippen molar-refractivity contribution in [3.05, 3.63) is 34.3 Å². The first-order valence-corrected chi connectivity index (χ1v) is 6.47. The van der Waals surface area contributed by atoms with Crippen molar-refractivity contribution in [2.75, 3.05) is 7.05 Å². The first-order valence-electron chi connectivity index (χ1n) is 5.67. The molecule has 0 saturated heterocycles. The van der Waals surface area contributed by atoms with Gasteiger partial charge >= 0.3 is 0 Å². The molecule has 2 rings (SSSR count). The van der Waals surface area contributed by atoms with E-state index in [9.17, 15) is 0 Å². The molecule has 1 aromatic carbocycles. The Morgan fingerprint density at radius 3 is 2.67 bits per heavy atom. The molecule has 1 nitrogen and oxygen atoms in total. The lowest BCUT2D eigenvalue weighted by atomic mass is 9.89. The molecule has 0 unspecified atom stereocenters. The third-order valence-electron chi connectivity index (χ3n) is 3.52. The van der Waals surface area contributed by atoms with Gasteiger partial charge in [-0.05, 0) is 44.0 Å². The average Bonchev–Trinajstić information content (AvgIpc) is 2.67. The molecule has 0 amide bonds. The largest absolute Gasteiger partial charge is 0.314 e. The highest BCUT2D eigenvalue weighted by Crippen LogP contribution is 2.32. The van der Waals surface area contributed by atoms with Crippen LogP contribution in [-0.4, -0.2) is 12.6 Å². The van der Waals surface area contributed by atoms with Crippen molar-refractivity contribution >= 4 is 15.9 Å². The van der Waals surface area contributed by atoms with Crippen molar-refractivity contribution in [1.82, 2.24) is 5.32 Å². The number of benzene rings is 1. The molecule has 0 radical (unpaired) electrons. The first kappa shape index (κ1) is 11.2. The van der Waals surface area contributed by atoms with E-state index < -0.39 is 0 Å². The van der Waals surface area contributed by atoms with E-state index in [-0.39, 0.29) is 0 Å². The van der Waals surface area contributed by atoms with Crippen LogP contribution in [0.25, 0.3) is 0 Å². The number of halogens is 1. The molecule has 1 saturated carbocycles. The Kier molecular flexibility index (Phi) is 3.47. The average molecular weight is 268 g/mol. The Balaban J connectivity index is 2.12. The smallest absolute Gasteiger partial charge is 0.0218 e. The Labute approximate surface area is 100 Å². The fraction of sp³-hybridized carbons (Fsp3) is 0.538. The van der Waals surface area contributed by atoms with Crippen LogP contribution >= 0.6 is 15.9 Å². The van der Waals surface area contributed by atoms with E-state index in [1.165, 1.54) is 35.7 Å². The van der Waals surface area contributed by atoms with Gasteiger partial charge in [0.15, 0.2) is 0 Å². The van der Waals surface area contributed by atoms with Crippen molar-refractivity contribution in [3.8, 4) is 0 Å². The van der Waals surface area contributed by atoms with Crippen molar-refractivity contribution in [3.63, 3.8) is 0 Å². The summed E-state index contributed by atoms with van der Waals surface area (Å²) >= 11 is 3.53. The van der Waals surface area contributed by atoms with Gasteiger partial charge in [0, 0.05) is 10.0 Å². The standard InChI is InChI=1S/C13H18BrN/c1-15-13(7-2-3-8-13)10-11-5-4-6-12(14)9-11/h4-6,9,15H,2-3,7-8,10H2,1H3. The highest BCUT2D eigenvalue weighted by Gasteiger charge is 2.31. The van der Waals surface area contributed by atoms with E-state index in [4.69, 9.17) is 0 Å². The molecular formula is C13H18BrN. The van der Waals surface area contributed by atoms with E-state index in [0.29, 0.717) is 5.54 Å². The highest BCUT2D eigenvalue weighted by molar-refractivity contribution is 9.10. The highest BCUT2D eigenvalue weighted by atomic mass is 79.9. The van der Waals surface area contributed by atoms with Gasteiger partial charge in [-0.2, -0.15) is 0 Å². The van der Waals surface area contributed by atoms with Gasteiger partial charge in [-0.15, -0.1) is 0 Å². The molecule has 15 heavy (non-hydrogen) atoms. The summed E-state index contributed by atoms with van der Waals surface area (Å²) in [5.41, 5.74) is 1.79. The minimum atomic E-state index is 0.362. The predicted molar refractivity (Wildman–Crippen MR) is 68.1 cm³/mol. The predicted octanol–water partition coefficient (Wildman–Crippen LogP) is 3.52. The zero-order chi connectivity index (χ0) is 10.7. The van der Waals surface area contributed by atoms with Crippen molar-refractivity contribution in [1.29, 1.82) is 0 Å². The molecule has 1 fully saturated rings. The monoisotopic (exact) mass is 267 g/mol. The van der Waals surface area contributed by atoms with Crippen LogP contribution in [0.15, 0.2) is 28.7 Å². The van der Waals surface area contributed by atoms with Crippen LogP contribution in [0, 0.1) is 0 Å². The Morgan fingerprint density at radius 2 is 2.07 bits per heavy atom. The van der Waals surface area contributed by atoms with Gasteiger partial charge in [-0.1, -0.05) is 40.9 Å². The summed E-state index contributed by atoms with van der Waals surface area (Å²) in [6.45, 7) is 0. The summed E-state index contributed by atoms with van der Waals surface area (Å²) in [5, 5.41) is 3.53. The van der Waals surface area contributed by atoms with Crippen molar-refractivity contribution in [2.24, 2.45) is 0 Å². The topological polar surface area (TPSA) is 12.0 Å². The summed E-state index contributed by atoms with van der Waals surface area (Å²) in [6.07, 6.45) is 6.53. The second-order valence-electron chi connectivity index (χ2n) is 4.54. The Bertz CT molecular complexity index is 329. The third kappa shape index (κ3) is 2.61. The van der Waals surface area contributed by atoms with E-state index in [2.05, 4.69) is 52.6 Å². The van der Waals surface area contributed by atoms with Crippen molar-refractivity contribution < 1.29 is 0 Å². The van der Waals surface area contributed by atoms with Gasteiger partial charge in [0.05, 0.1) is 0 Å². The zero-order valence-electron chi connectivity index (χ0n) is 9.22. The van der Waals surface area contributed by atoms with Crippen LogP contribution in [0.4, 0.5) is 0 Å². The molecule has 1 N–H and O–H groups in total. The maximum atomic E-state index is 3.53. The molecule has 0 atom stereocenters. The Morgan fingerprint density at radius 1 is 1.33 bits per heavy atom. The third-order valence-corrected chi connectivity index (χ3v) is 4.02. The lowest BCUT2D eigenvalue weighted by Gasteiger charge is -2.28. The summed E-state index contributed by atoms with van der Waals surface area (Å²) in [6, 6.07) is 8.67. The van der Waals surface area contributed by atoms with E-state index in [1.807, 2.05) is 0 Å². The van der Waals surface area contributed by atoms with Gasteiger partial charge in [0.25, 0.3) is 0 Å². The van der Waals surface area contributed by atoms with Crippen LogP contribution in [0.3, 0.4) is 0 Å². The fourth-order valence-corrected chi connectivity index (χ4v) is 3.05. The minimum Gasteiger partial charge on any atom is -0.314 e. The normalized spacial score (nSPS) is 19.3. The molecule has 0 bridgehead atoms. The van der Waals surface area contributed by atoms with Gasteiger partial charge in [0.2, 0.25) is 0 Å². The summed E-state index contributed by atoms with van der Waals surface area (Å²) in [7, 11) is 2.10. The van der Waals surface area contributed by atoms with Crippen LogP contribution in [-0.2, 0) is 6.42 Å². The molecule has 1 aromatic rings. The number of rotatable bonds is 3. The van der Waals surface area contributed by atoms with Crippen LogP contribution in [0.2, 0.25) is 0 Å². The van der Waals surface area contributed by atoms with E-state index in [0.717, 1.165) is 6.42 Å². The van der Waals surface area contributed by atoms with E-state index in [1.54, 1.807) is 0 Å². The van der Waals surface area contributed by atoms with Crippen LogP contribution in [0.1, 0.15) is 31.2 Å². The zero-order valence-corrected chi connectivity index (χ0v) is 10.8. The second-order valence-corrected chi connectivity index (χ2v) is 5.46. The number of likely N-dealkylation sites (N-methyl/N-ethyl adjacent to an activating group) is 1. The maximum Gasteiger partial charge on any atom is 0.0218 e. The van der Waals surface area contributed by atoms with Gasteiger partial charge in [0.1, 0.15) is 0 Å². The van der Waals surface area contributed by atoms with Gasteiger partial charge in [-0.25, -0.2) is 0 Å². The molecule has 0 spiro atoms. The lowest BCUT2D eigenvalue weighted by molar-refractivity contribution is 0.357. The number of hydrogen-bond acceptors (Lipinski definition) is 1. The maximum absolute atomic E-state index is 3.53. The molecule has 0 aliphatic heterocycles. The SMILES string of the molecule is CNC1(Cc2cccc(Br)c2)CCCC1. The lowest BCUT2D eigenvalue weighted by Crippen LogP contribution is -2.42. The van der Waals surface area contributed by atoms with Crippen molar-refractivity contribution in [2.45, 2.75) is 37.6 Å². The van der Waals surface area contributed by atoms with Gasteiger partial charge in [-0.3, -0.25) is 0 Å². The van der Waals surface area contributed by atoms with Crippen LogP contribution < -0.4 is 5.32 Å². The number of hydrogen-bond donors (Lipinski definition) is 1. The quantitative estimate of drug-likeness (QED) is 0.884. The fourth-order valence-electron chi connectivity index (χ4n) is 2.60. The molecule has 1 aliphatic rings.